The van der Waals surface area contributed by atoms with Gasteiger partial charge in [-0.15, -0.1) is 11.8 Å². The summed E-state index contributed by atoms with van der Waals surface area (Å²) < 4.78 is 0. The number of hydrogen-bond acceptors (Lipinski definition) is 2. The molecule has 0 saturated carbocycles. The van der Waals surface area contributed by atoms with Crippen molar-refractivity contribution in [3.8, 4) is 0 Å². The first-order chi connectivity index (χ1) is 5.25. The molecular formula is C8H8KO2S+. The molecule has 0 radical (unpaired) electrons. The minimum absolute atomic E-state index is 0. The standard InChI is InChI=1S/C8H8O2S.K/c1-11-7-5-3-2-4-6(7)8(9)10;/h2-5H,1H3,(H,9,10);/q;+1. The fourth-order valence-corrected chi connectivity index (χ4v) is 1.41. The normalized spacial score (nSPS) is 8.75. The second kappa shape index (κ2) is 6.18. The Labute approximate surface area is 118 Å². The SMILES string of the molecule is CSc1ccccc1C(=O)O.[K+]. The molecule has 0 aliphatic rings. The van der Waals surface area contributed by atoms with Crippen molar-refractivity contribution in [1.29, 1.82) is 0 Å². The first kappa shape index (κ1) is 12.7. The van der Waals surface area contributed by atoms with Gasteiger partial charge in [0.05, 0.1) is 5.56 Å². The maximum Gasteiger partial charge on any atom is 1.00 e. The Morgan fingerprint density at radius 1 is 1.42 bits per heavy atom. The van der Waals surface area contributed by atoms with Crippen LogP contribution in [0.15, 0.2) is 29.2 Å². The number of carbonyl (C=O) groups is 1. The van der Waals surface area contributed by atoms with Gasteiger partial charge in [0, 0.05) is 4.90 Å². The van der Waals surface area contributed by atoms with Crippen LogP contribution in [0.4, 0.5) is 0 Å². The predicted octanol–water partition coefficient (Wildman–Crippen LogP) is -0.889. The molecule has 58 valence electrons. The van der Waals surface area contributed by atoms with Crippen molar-refractivity contribution in [2.75, 3.05) is 6.26 Å². The maximum atomic E-state index is 10.6. The Morgan fingerprint density at radius 3 is 2.42 bits per heavy atom. The summed E-state index contributed by atoms with van der Waals surface area (Å²) in [6, 6.07) is 6.96. The smallest absolute Gasteiger partial charge is 0.478 e. The summed E-state index contributed by atoms with van der Waals surface area (Å²) in [5.41, 5.74) is 0.375. The minimum atomic E-state index is -0.866. The molecule has 0 aliphatic carbocycles. The Kier molecular flexibility index (Phi) is 6.53. The quantitative estimate of drug-likeness (QED) is 0.505. The van der Waals surface area contributed by atoms with Crippen LogP contribution in [0.5, 0.6) is 0 Å². The van der Waals surface area contributed by atoms with Crippen molar-refractivity contribution in [2.45, 2.75) is 4.90 Å². The van der Waals surface area contributed by atoms with Crippen LogP contribution < -0.4 is 51.4 Å². The van der Waals surface area contributed by atoms with E-state index in [-0.39, 0.29) is 51.4 Å². The molecule has 0 atom stereocenters. The van der Waals surface area contributed by atoms with E-state index in [9.17, 15) is 4.79 Å². The Bertz CT molecular complexity index is 276. The van der Waals surface area contributed by atoms with E-state index in [0.717, 1.165) is 4.90 Å². The van der Waals surface area contributed by atoms with Crippen molar-refractivity contribution in [2.24, 2.45) is 0 Å². The Morgan fingerprint density at radius 2 is 2.00 bits per heavy atom. The second-order valence-corrected chi connectivity index (χ2v) is 2.85. The first-order valence-corrected chi connectivity index (χ1v) is 4.34. The summed E-state index contributed by atoms with van der Waals surface area (Å²) in [6.45, 7) is 0. The molecule has 1 N–H and O–H groups in total. The summed E-state index contributed by atoms with van der Waals surface area (Å²) in [4.78, 5) is 11.4. The third-order valence-corrected chi connectivity index (χ3v) is 2.13. The van der Waals surface area contributed by atoms with Crippen LogP contribution in [0, 0.1) is 0 Å². The molecule has 2 nitrogen and oxygen atoms in total. The molecule has 0 spiro atoms. The zero-order valence-electron chi connectivity index (χ0n) is 7.07. The van der Waals surface area contributed by atoms with Gasteiger partial charge in [0.25, 0.3) is 0 Å². The third kappa shape index (κ3) is 3.20. The number of rotatable bonds is 2. The van der Waals surface area contributed by atoms with Gasteiger partial charge < -0.3 is 5.11 Å². The van der Waals surface area contributed by atoms with Crippen LogP contribution in [-0.4, -0.2) is 17.3 Å². The topological polar surface area (TPSA) is 37.3 Å². The van der Waals surface area contributed by atoms with Gasteiger partial charge >= 0.3 is 57.4 Å². The van der Waals surface area contributed by atoms with E-state index < -0.39 is 5.97 Å². The van der Waals surface area contributed by atoms with E-state index >= 15 is 0 Å². The average Bonchev–Trinajstić information content (AvgIpc) is 2.04. The molecule has 0 fully saturated rings. The summed E-state index contributed by atoms with van der Waals surface area (Å²) in [6.07, 6.45) is 1.86. The van der Waals surface area contributed by atoms with Crippen LogP contribution in [0.25, 0.3) is 0 Å². The number of hydrogen-bond donors (Lipinski definition) is 1. The largest absolute Gasteiger partial charge is 1.00 e. The number of carboxylic acid groups (broad SMARTS) is 1. The molecule has 1 rings (SSSR count). The average molecular weight is 207 g/mol. The van der Waals surface area contributed by atoms with Crippen LogP contribution >= 0.6 is 11.8 Å². The third-order valence-electron chi connectivity index (χ3n) is 1.34. The molecule has 0 saturated heterocycles. The number of aromatic carboxylic acids is 1. The molecule has 0 aliphatic heterocycles. The van der Waals surface area contributed by atoms with E-state index in [0.29, 0.717) is 5.56 Å². The van der Waals surface area contributed by atoms with Gasteiger partial charge in [-0.1, -0.05) is 12.1 Å². The van der Waals surface area contributed by atoms with Gasteiger partial charge in [-0.3, -0.25) is 0 Å². The van der Waals surface area contributed by atoms with E-state index in [1.165, 1.54) is 11.8 Å². The molecule has 4 heteroatoms. The first-order valence-electron chi connectivity index (χ1n) is 3.12. The molecule has 0 heterocycles. The minimum Gasteiger partial charge on any atom is -0.478 e. The van der Waals surface area contributed by atoms with Crippen molar-refractivity contribution in [3.05, 3.63) is 29.8 Å². The number of thioether (sulfide) groups is 1. The predicted molar refractivity (Wildman–Crippen MR) is 45.2 cm³/mol. The van der Waals surface area contributed by atoms with Crippen molar-refractivity contribution in [1.82, 2.24) is 0 Å². The Balaban J connectivity index is 0.00000121. The molecule has 0 aromatic heterocycles. The van der Waals surface area contributed by atoms with Gasteiger partial charge in [-0.05, 0) is 18.4 Å². The van der Waals surface area contributed by atoms with E-state index in [1.807, 2.05) is 12.3 Å². The summed E-state index contributed by atoms with van der Waals surface area (Å²) in [7, 11) is 0. The molecule has 1 aromatic carbocycles. The van der Waals surface area contributed by atoms with Crippen molar-refractivity contribution < 1.29 is 61.3 Å². The van der Waals surface area contributed by atoms with E-state index in [2.05, 4.69) is 0 Å². The van der Waals surface area contributed by atoms with E-state index in [1.54, 1.807) is 18.2 Å². The van der Waals surface area contributed by atoms with Gasteiger partial charge in [-0.2, -0.15) is 0 Å². The van der Waals surface area contributed by atoms with E-state index in [4.69, 9.17) is 5.11 Å². The van der Waals surface area contributed by atoms with Crippen LogP contribution in [-0.2, 0) is 0 Å². The van der Waals surface area contributed by atoms with Crippen LogP contribution in [0.1, 0.15) is 10.4 Å². The molecule has 12 heavy (non-hydrogen) atoms. The summed E-state index contributed by atoms with van der Waals surface area (Å²) in [5, 5.41) is 8.68. The fourth-order valence-electron chi connectivity index (χ4n) is 0.821. The molecule has 0 bridgehead atoms. The molecule has 1 aromatic rings. The zero-order chi connectivity index (χ0) is 8.27. The fraction of sp³-hybridized carbons (Fsp3) is 0.125. The molecular weight excluding hydrogens is 199 g/mol. The van der Waals surface area contributed by atoms with Gasteiger partial charge in [0.2, 0.25) is 0 Å². The van der Waals surface area contributed by atoms with Crippen LogP contribution in [0.3, 0.4) is 0 Å². The van der Waals surface area contributed by atoms with Gasteiger partial charge in [0.1, 0.15) is 0 Å². The Hall–Kier alpha value is 0.676. The van der Waals surface area contributed by atoms with Gasteiger partial charge in [-0.25, -0.2) is 4.79 Å². The zero-order valence-corrected chi connectivity index (χ0v) is 11.0. The monoisotopic (exact) mass is 207 g/mol. The molecule has 0 unspecified atom stereocenters. The summed E-state index contributed by atoms with van der Waals surface area (Å²) in [5.74, 6) is -0.866. The van der Waals surface area contributed by atoms with Crippen molar-refractivity contribution >= 4 is 17.7 Å². The maximum absolute atomic E-state index is 10.6. The number of benzene rings is 1. The second-order valence-electron chi connectivity index (χ2n) is 2.01. The summed E-state index contributed by atoms with van der Waals surface area (Å²) >= 11 is 1.44. The van der Waals surface area contributed by atoms with Crippen molar-refractivity contribution in [3.63, 3.8) is 0 Å². The number of carboxylic acids is 1. The van der Waals surface area contributed by atoms with Crippen LogP contribution in [0.2, 0.25) is 0 Å². The molecule has 0 amide bonds. The van der Waals surface area contributed by atoms with Gasteiger partial charge in [0.15, 0.2) is 0 Å².